The molecule has 4 nitrogen and oxygen atoms in total. The molecule has 9 heteroatoms. The number of hydrogen-bond acceptors (Lipinski definition) is 4. The maximum atomic E-state index is 14.4. The lowest BCUT2D eigenvalue weighted by atomic mass is 9.82. The summed E-state index contributed by atoms with van der Waals surface area (Å²) in [6, 6.07) is 20.7. The van der Waals surface area contributed by atoms with E-state index >= 15 is 0 Å². The van der Waals surface area contributed by atoms with E-state index < -0.39 is 53.7 Å². The van der Waals surface area contributed by atoms with Gasteiger partial charge in [-0.15, -0.1) is 0 Å². The lowest BCUT2D eigenvalue weighted by Gasteiger charge is -2.35. The topological polar surface area (TPSA) is 68.3 Å². The fraction of sp³-hybridized carbons (Fsp3) is 0.312. The van der Waals surface area contributed by atoms with Gasteiger partial charge in [-0.1, -0.05) is 71.3 Å². The normalized spacial score (nSPS) is 28.8. The Balaban J connectivity index is 1.45. The molecule has 2 fully saturated rings. The summed E-state index contributed by atoms with van der Waals surface area (Å²) < 4.78 is 97.4. The standard InChI is InChI=1S/C32H27F3O4S2/c33-32(34,35)22-15-11-19(12-16-22)17-25-28-26-20-13-14-21(18-20)27(26)29(25)31(41(38,39)24-9-5-2-6-10-24)30(28)40(36,37)23-7-3-1-4-8-23/h1-12,15-17,20-21,28-31H,13-14,18H2. The first-order valence-electron chi connectivity index (χ1n) is 13.7. The highest BCUT2D eigenvalue weighted by Crippen LogP contribution is 2.68. The van der Waals surface area contributed by atoms with Gasteiger partial charge in [0.15, 0.2) is 19.7 Å². The maximum absolute atomic E-state index is 14.4. The molecule has 212 valence electrons. The molecule has 4 aliphatic rings. The van der Waals surface area contributed by atoms with Crippen molar-refractivity contribution in [3.05, 3.63) is 113 Å². The number of fused-ring (bicyclic) bond motifs is 8. The Morgan fingerprint density at radius 3 is 1.49 bits per heavy atom. The van der Waals surface area contributed by atoms with E-state index in [-0.39, 0.29) is 21.6 Å². The van der Waals surface area contributed by atoms with Crippen LogP contribution in [0.5, 0.6) is 0 Å². The van der Waals surface area contributed by atoms with E-state index in [4.69, 9.17) is 0 Å². The number of allylic oxidation sites excluding steroid dienone is 3. The Morgan fingerprint density at radius 1 is 0.634 bits per heavy atom. The average molecular weight is 597 g/mol. The van der Waals surface area contributed by atoms with Crippen molar-refractivity contribution in [2.24, 2.45) is 23.7 Å². The van der Waals surface area contributed by atoms with Crippen LogP contribution < -0.4 is 0 Å². The molecule has 7 rings (SSSR count). The van der Waals surface area contributed by atoms with Gasteiger partial charge in [0.2, 0.25) is 0 Å². The molecule has 0 spiro atoms. The number of halogens is 3. The summed E-state index contributed by atoms with van der Waals surface area (Å²) in [6.45, 7) is 0. The number of hydrogen-bond donors (Lipinski definition) is 0. The summed E-state index contributed by atoms with van der Waals surface area (Å²) in [5.74, 6) is -0.868. The molecule has 6 unspecified atom stereocenters. The molecule has 6 atom stereocenters. The van der Waals surface area contributed by atoms with Crippen LogP contribution >= 0.6 is 0 Å². The Hall–Kier alpha value is -3.17. The van der Waals surface area contributed by atoms with E-state index in [9.17, 15) is 30.0 Å². The summed E-state index contributed by atoms with van der Waals surface area (Å²) in [7, 11) is -8.24. The first-order valence-corrected chi connectivity index (χ1v) is 16.8. The van der Waals surface area contributed by atoms with E-state index in [2.05, 4.69) is 0 Å². The van der Waals surface area contributed by atoms with Gasteiger partial charge < -0.3 is 0 Å². The third kappa shape index (κ3) is 3.99. The summed E-state index contributed by atoms with van der Waals surface area (Å²) in [5.41, 5.74) is 2.54. The van der Waals surface area contributed by atoms with Gasteiger partial charge in [-0.3, -0.25) is 0 Å². The van der Waals surface area contributed by atoms with E-state index in [1.54, 1.807) is 42.5 Å². The highest BCUT2D eigenvalue weighted by atomic mass is 32.2. The fourth-order valence-corrected chi connectivity index (χ4v) is 12.9. The van der Waals surface area contributed by atoms with Gasteiger partial charge in [0.1, 0.15) is 0 Å². The van der Waals surface area contributed by atoms with E-state index in [0.29, 0.717) is 11.1 Å². The quantitative estimate of drug-likeness (QED) is 0.241. The van der Waals surface area contributed by atoms with Gasteiger partial charge in [-0.2, -0.15) is 13.2 Å². The molecule has 0 radical (unpaired) electrons. The predicted octanol–water partition coefficient (Wildman–Crippen LogP) is 6.76. The second-order valence-electron chi connectivity index (χ2n) is 11.5. The number of benzene rings is 3. The molecular weight excluding hydrogens is 569 g/mol. The number of rotatable bonds is 5. The average Bonchev–Trinajstić information content (AvgIpc) is 3.73. The SMILES string of the molecule is O=S(=O)(c1ccccc1)C1C2C(=Cc3ccc(C(F)(F)F)cc3)C(C3=C2C2CCC3C2)C1S(=O)(=O)c1ccccc1. The molecule has 0 N–H and O–H groups in total. The number of alkyl halides is 3. The van der Waals surface area contributed by atoms with Crippen LogP contribution in [0.25, 0.3) is 6.08 Å². The minimum atomic E-state index is -4.48. The van der Waals surface area contributed by atoms with Crippen molar-refractivity contribution in [2.45, 2.75) is 45.7 Å². The van der Waals surface area contributed by atoms with Crippen molar-refractivity contribution < 1.29 is 30.0 Å². The van der Waals surface area contributed by atoms with Crippen LogP contribution in [-0.4, -0.2) is 27.3 Å². The second kappa shape index (κ2) is 9.16. The highest BCUT2D eigenvalue weighted by Gasteiger charge is 2.67. The molecule has 0 heterocycles. The second-order valence-corrected chi connectivity index (χ2v) is 15.7. The summed E-state index contributed by atoms with van der Waals surface area (Å²) in [5, 5.41) is -2.47. The fourth-order valence-electron chi connectivity index (χ4n) is 7.94. The van der Waals surface area contributed by atoms with Gasteiger partial charge in [-0.05, 0) is 73.1 Å². The maximum Gasteiger partial charge on any atom is 0.416 e. The predicted molar refractivity (Wildman–Crippen MR) is 149 cm³/mol. The lowest BCUT2D eigenvalue weighted by molar-refractivity contribution is -0.137. The van der Waals surface area contributed by atoms with Crippen LogP contribution in [-0.2, 0) is 25.9 Å². The Morgan fingerprint density at radius 2 is 1.07 bits per heavy atom. The van der Waals surface area contributed by atoms with E-state index in [1.165, 1.54) is 36.4 Å². The van der Waals surface area contributed by atoms with Gasteiger partial charge >= 0.3 is 6.18 Å². The van der Waals surface area contributed by atoms with Crippen LogP contribution in [0.15, 0.2) is 111 Å². The largest absolute Gasteiger partial charge is 0.416 e. The van der Waals surface area contributed by atoms with Crippen molar-refractivity contribution in [1.82, 2.24) is 0 Å². The third-order valence-corrected chi connectivity index (χ3v) is 14.0. The minimum absolute atomic E-state index is 0.0741. The molecule has 4 aliphatic carbocycles. The first-order chi connectivity index (χ1) is 19.5. The van der Waals surface area contributed by atoms with Crippen LogP contribution in [0.4, 0.5) is 13.2 Å². The minimum Gasteiger partial charge on any atom is -0.223 e. The van der Waals surface area contributed by atoms with Crippen molar-refractivity contribution in [3.8, 4) is 0 Å². The summed E-state index contributed by atoms with van der Waals surface area (Å²) in [4.78, 5) is 0.148. The van der Waals surface area contributed by atoms with Crippen LogP contribution in [0, 0.1) is 23.7 Å². The summed E-state index contributed by atoms with van der Waals surface area (Å²) >= 11 is 0. The van der Waals surface area contributed by atoms with Crippen molar-refractivity contribution in [2.75, 3.05) is 0 Å². The zero-order valence-corrected chi connectivity index (χ0v) is 23.5. The zero-order chi connectivity index (χ0) is 28.7. The van der Waals surface area contributed by atoms with E-state index in [0.717, 1.165) is 42.5 Å². The van der Waals surface area contributed by atoms with Crippen LogP contribution in [0.1, 0.15) is 30.4 Å². The molecule has 41 heavy (non-hydrogen) atoms. The molecule has 0 saturated heterocycles. The Bertz CT molecular complexity index is 1690. The van der Waals surface area contributed by atoms with Crippen molar-refractivity contribution >= 4 is 25.8 Å². The van der Waals surface area contributed by atoms with Gasteiger partial charge in [-0.25, -0.2) is 16.8 Å². The number of sulfone groups is 2. The van der Waals surface area contributed by atoms with Crippen molar-refractivity contribution in [3.63, 3.8) is 0 Å². The van der Waals surface area contributed by atoms with Gasteiger partial charge in [0, 0.05) is 11.8 Å². The molecule has 3 aromatic rings. The molecule has 0 amide bonds. The first kappa shape index (κ1) is 26.7. The molecule has 2 saturated carbocycles. The van der Waals surface area contributed by atoms with E-state index in [1.807, 2.05) is 0 Å². The van der Waals surface area contributed by atoms with Crippen LogP contribution in [0.3, 0.4) is 0 Å². The molecule has 0 aromatic heterocycles. The lowest BCUT2D eigenvalue weighted by Crippen LogP contribution is -2.45. The zero-order valence-electron chi connectivity index (χ0n) is 21.8. The van der Waals surface area contributed by atoms with Crippen molar-refractivity contribution in [1.29, 1.82) is 0 Å². The third-order valence-electron chi connectivity index (χ3n) is 9.45. The van der Waals surface area contributed by atoms with Gasteiger partial charge in [0.25, 0.3) is 0 Å². The molecule has 4 bridgehead atoms. The van der Waals surface area contributed by atoms with Crippen LogP contribution in [0.2, 0.25) is 0 Å². The summed E-state index contributed by atoms with van der Waals surface area (Å²) in [6.07, 6.45) is 0.0510. The Kier molecular flexibility index (Phi) is 5.97. The molecule has 3 aromatic carbocycles. The molecular formula is C32H27F3O4S2. The van der Waals surface area contributed by atoms with Gasteiger partial charge in [0.05, 0.1) is 25.9 Å². The molecule has 0 aliphatic heterocycles. The Labute approximate surface area is 237 Å². The highest BCUT2D eigenvalue weighted by molar-refractivity contribution is 7.96. The smallest absolute Gasteiger partial charge is 0.223 e. The monoisotopic (exact) mass is 596 g/mol.